The molecule has 2 aromatic heterocycles. The minimum atomic E-state index is -0.850. The molecular formula is C47H43F2NO6. The maximum Gasteiger partial charge on any atom is 0.261 e. The molecule has 0 fully saturated rings. The Morgan fingerprint density at radius 2 is 1.48 bits per heavy atom. The van der Waals surface area contributed by atoms with E-state index in [1.165, 1.54) is 10.6 Å². The molecule has 0 bridgehead atoms. The van der Waals surface area contributed by atoms with Crippen LogP contribution in [0.2, 0.25) is 0 Å². The number of aryl methyl sites for hydroxylation is 4. The van der Waals surface area contributed by atoms with Crippen molar-refractivity contribution in [2.75, 3.05) is 13.2 Å². The molecule has 0 atom stereocenters. The number of halogens is 2. The highest BCUT2D eigenvalue weighted by atomic mass is 19.1. The van der Waals surface area contributed by atoms with Gasteiger partial charge in [0, 0.05) is 36.0 Å². The molecule has 1 N–H and O–H groups in total. The van der Waals surface area contributed by atoms with Gasteiger partial charge in [-0.05, 0) is 127 Å². The van der Waals surface area contributed by atoms with Gasteiger partial charge in [0.05, 0.1) is 12.0 Å². The number of nitrogens with zero attached hydrogens (tertiary/aromatic N) is 1. The zero-order valence-electron chi connectivity index (χ0n) is 32.2. The molecule has 7 rings (SSSR count). The fourth-order valence-corrected chi connectivity index (χ4v) is 6.96. The minimum Gasteiger partial charge on any atom is -0.491 e. The molecule has 5 aromatic carbocycles. The molecule has 0 aliphatic rings. The van der Waals surface area contributed by atoms with E-state index in [0.29, 0.717) is 45.9 Å². The molecule has 0 aliphatic carbocycles. The Balaban J connectivity index is 1.29. The average molecular weight is 756 g/mol. The maximum atomic E-state index is 15.0. The third kappa shape index (κ3) is 7.95. The van der Waals surface area contributed by atoms with E-state index >= 15 is 0 Å². The van der Waals surface area contributed by atoms with Crippen LogP contribution in [-0.4, -0.2) is 22.9 Å². The lowest BCUT2D eigenvalue weighted by atomic mass is 9.98. The van der Waals surface area contributed by atoms with Crippen LogP contribution < -0.4 is 19.8 Å². The van der Waals surface area contributed by atoms with Crippen LogP contribution in [0.4, 0.5) is 8.78 Å². The monoisotopic (exact) mass is 755 g/mol. The SMILES string of the molecule is Cc1ccc(C(C)C)c(Oc2ccc(Cc3ccc(Oc4ccc(F)cc4F)c(-c4cn(C)c(=O)c5cc(-c6cc(C)c(OCCO)c(C)c6)oc45)c3)cc2)c1. The molecule has 0 saturated heterocycles. The summed E-state index contributed by atoms with van der Waals surface area (Å²) in [6.45, 7) is 10.2. The standard InChI is InChI=1S/C47H43F2NO6/c1-27(2)36-14-7-28(3)19-44(36)54-35-12-8-31(9-13-35)22-32-10-15-41(55-42-16-11-34(48)24-40(42)49)37(23-32)39-26-50(6)47(52)38-25-43(56-46(38)39)33-20-29(4)45(30(5)21-33)53-18-17-51/h7-16,19-21,23-27,51H,17-18,22H2,1-6H3. The number of furan rings is 1. The smallest absolute Gasteiger partial charge is 0.261 e. The molecule has 7 nitrogen and oxygen atoms in total. The average Bonchev–Trinajstić information content (AvgIpc) is 3.61. The van der Waals surface area contributed by atoms with E-state index in [-0.39, 0.29) is 30.3 Å². The van der Waals surface area contributed by atoms with Crippen LogP contribution in [0.25, 0.3) is 33.4 Å². The van der Waals surface area contributed by atoms with Crippen molar-refractivity contribution in [1.82, 2.24) is 4.57 Å². The number of hydrogen-bond donors (Lipinski definition) is 1. The van der Waals surface area contributed by atoms with Crippen LogP contribution in [0.1, 0.15) is 53.1 Å². The summed E-state index contributed by atoms with van der Waals surface area (Å²) in [5.41, 5.74) is 7.82. The second-order valence-corrected chi connectivity index (χ2v) is 14.4. The van der Waals surface area contributed by atoms with Gasteiger partial charge in [-0.2, -0.15) is 0 Å². The molecule has 9 heteroatoms. The van der Waals surface area contributed by atoms with Gasteiger partial charge in [-0.15, -0.1) is 0 Å². The minimum absolute atomic E-state index is 0.105. The molecule has 56 heavy (non-hydrogen) atoms. The summed E-state index contributed by atoms with van der Waals surface area (Å²) in [7, 11) is 1.66. The number of aliphatic hydroxyl groups excluding tert-OH is 1. The Morgan fingerprint density at radius 1 is 0.768 bits per heavy atom. The first-order valence-corrected chi connectivity index (χ1v) is 18.5. The zero-order valence-corrected chi connectivity index (χ0v) is 32.2. The molecular weight excluding hydrogens is 713 g/mol. The van der Waals surface area contributed by atoms with E-state index in [2.05, 4.69) is 32.0 Å². The molecule has 0 unspecified atom stereocenters. The molecule has 0 saturated carbocycles. The van der Waals surface area contributed by atoms with Gasteiger partial charge >= 0.3 is 0 Å². The summed E-state index contributed by atoms with van der Waals surface area (Å²) in [6.07, 6.45) is 2.22. The first-order valence-electron chi connectivity index (χ1n) is 18.5. The van der Waals surface area contributed by atoms with Crippen LogP contribution in [0.15, 0.2) is 112 Å². The molecule has 0 aliphatic heterocycles. The number of aliphatic hydroxyl groups is 1. The van der Waals surface area contributed by atoms with E-state index in [4.69, 9.17) is 18.6 Å². The van der Waals surface area contributed by atoms with E-state index in [0.717, 1.165) is 62.6 Å². The Morgan fingerprint density at radius 3 is 2.18 bits per heavy atom. The van der Waals surface area contributed by atoms with Gasteiger partial charge in [0.15, 0.2) is 11.6 Å². The summed E-state index contributed by atoms with van der Waals surface area (Å²) < 4.78 is 55.0. The van der Waals surface area contributed by atoms with Crippen LogP contribution in [0.3, 0.4) is 0 Å². The van der Waals surface area contributed by atoms with Crippen LogP contribution in [0, 0.1) is 32.4 Å². The number of benzene rings is 5. The van der Waals surface area contributed by atoms with Gasteiger partial charge in [0.1, 0.15) is 46.8 Å². The first-order chi connectivity index (χ1) is 26.9. The third-order valence-electron chi connectivity index (χ3n) is 9.73. The maximum absolute atomic E-state index is 15.0. The highest BCUT2D eigenvalue weighted by Gasteiger charge is 2.21. The van der Waals surface area contributed by atoms with Gasteiger partial charge in [-0.3, -0.25) is 4.79 Å². The number of pyridine rings is 1. The van der Waals surface area contributed by atoms with E-state index in [1.54, 1.807) is 25.4 Å². The van der Waals surface area contributed by atoms with Crippen molar-refractivity contribution in [2.24, 2.45) is 7.05 Å². The van der Waals surface area contributed by atoms with Gasteiger partial charge in [0.2, 0.25) is 0 Å². The summed E-state index contributed by atoms with van der Waals surface area (Å²) in [5.74, 6) is 1.59. The van der Waals surface area contributed by atoms with Gasteiger partial charge in [-0.1, -0.05) is 44.2 Å². The fourth-order valence-electron chi connectivity index (χ4n) is 6.96. The predicted octanol–water partition coefficient (Wildman–Crippen LogP) is 11.3. The molecule has 0 radical (unpaired) electrons. The quantitative estimate of drug-likeness (QED) is 0.134. The fraction of sp³-hybridized carbons (Fsp3) is 0.213. The second-order valence-electron chi connectivity index (χ2n) is 14.4. The number of aromatic nitrogens is 1. The van der Waals surface area contributed by atoms with Crippen LogP contribution in [0.5, 0.6) is 28.7 Å². The molecule has 7 aromatic rings. The summed E-state index contributed by atoms with van der Waals surface area (Å²) in [6, 6.07) is 28.5. The van der Waals surface area contributed by atoms with Crippen molar-refractivity contribution >= 4 is 11.0 Å². The number of ether oxygens (including phenoxy) is 3. The Kier molecular flexibility index (Phi) is 10.8. The van der Waals surface area contributed by atoms with E-state index in [1.807, 2.05) is 69.3 Å². The lowest BCUT2D eigenvalue weighted by molar-refractivity contribution is 0.200. The Hall–Kier alpha value is -6.19. The third-order valence-corrected chi connectivity index (χ3v) is 9.73. The van der Waals surface area contributed by atoms with Crippen molar-refractivity contribution in [1.29, 1.82) is 0 Å². The molecule has 0 spiro atoms. The van der Waals surface area contributed by atoms with Gasteiger partial charge in [0.25, 0.3) is 5.56 Å². The summed E-state index contributed by atoms with van der Waals surface area (Å²) in [4.78, 5) is 13.6. The second kappa shape index (κ2) is 15.9. The number of fused-ring (bicyclic) bond motifs is 1. The molecule has 0 amide bonds. The van der Waals surface area contributed by atoms with Crippen molar-refractivity contribution in [3.63, 3.8) is 0 Å². The van der Waals surface area contributed by atoms with Crippen molar-refractivity contribution < 1.29 is 32.5 Å². The van der Waals surface area contributed by atoms with Crippen LogP contribution in [-0.2, 0) is 13.5 Å². The Bertz CT molecular complexity index is 2600. The number of rotatable bonds is 12. The lowest BCUT2D eigenvalue weighted by Crippen LogP contribution is -2.15. The predicted molar refractivity (Wildman–Crippen MR) is 215 cm³/mol. The van der Waals surface area contributed by atoms with Crippen molar-refractivity contribution in [3.05, 3.63) is 159 Å². The van der Waals surface area contributed by atoms with Gasteiger partial charge in [-0.25, -0.2) is 8.78 Å². The zero-order chi connectivity index (χ0) is 39.7. The largest absolute Gasteiger partial charge is 0.491 e. The number of hydrogen-bond acceptors (Lipinski definition) is 6. The van der Waals surface area contributed by atoms with Crippen molar-refractivity contribution in [3.8, 4) is 51.2 Å². The van der Waals surface area contributed by atoms with Crippen LogP contribution >= 0.6 is 0 Å². The molecule has 2 heterocycles. The van der Waals surface area contributed by atoms with E-state index < -0.39 is 11.6 Å². The first kappa shape index (κ1) is 38.1. The van der Waals surface area contributed by atoms with E-state index in [9.17, 15) is 18.7 Å². The van der Waals surface area contributed by atoms with Crippen molar-refractivity contribution in [2.45, 2.75) is 47.0 Å². The van der Waals surface area contributed by atoms with Gasteiger partial charge < -0.3 is 28.3 Å². The molecule has 286 valence electrons. The summed E-state index contributed by atoms with van der Waals surface area (Å²) >= 11 is 0. The normalized spacial score (nSPS) is 11.4. The summed E-state index contributed by atoms with van der Waals surface area (Å²) in [5, 5.41) is 9.63. The highest BCUT2D eigenvalue weighted by molar-refractivity contribution is 5.95. The Labute approximate surface area is 324 Å². The topological polar surface area (TPSA) is 83.1 Å². The highest BCUT2D eigenvalue weighted by Crippen LogP contribution is 2.41. The lowest BCUT2D eigenvalue weighted by Gasteiger charge is -2.16.